The van der Waals surface area contributed by atoms with Gasteiger partial charge in [0.15, 0.2) is 4.34 Å². The zero-order chi connectivity index (χ0) is 14.8. The first-order valence-corrected chi connectivity index (χ1v) is 8.74. The third-order valence-electron chi connectivity index (χ3n) is 3.18. The summed E-state index contributed by atoms with van der Waals surface area (Å²) in [5, 5.41) is 0.912. The number of nitrogens with zero attached hydrogens (tertiary/aromatic N) is 1. The Balaban J connectivity index is 1.89. The first-order chi connectivity index (χ1) is 10.1. The van der Waals surface area contributed by atoms with E-state index in [0.717, 1.165) is 14.9 Å². The third-order valence-corrected chi connectivity index (χ3v) is 6.05. The summed E-state index contributed by atoms with van der Waals surface area (Å²) in [4.78, 5) is 4.68. The van der Waals surface area contributed by atoms with Crippen LogP contribution in [0.2, 0.25) is 5.02 Å². The van der Waals surface area contributed by atoms with Crippen LogP contribution in [0.15, 0.2) is 52.9 Å². The molecule has 0 saturated heterocycles. The van der Waals surface area contributed by atoms with Crippen LogP contribution in [-0.4, -0.2) is 11.0 Å². The highest BCUT2D eigenvalue weighted by Gasteiger charge is 2.19. The summed E-state index contributed by atoms with van der Waals surface area (Å²) in [6.07, 6.45) is 0. The van der Waals surface area contributed by atoms with Crippen molar-refractivity contribution >= 4 is 44.9 Å². The first kappa shape index (κ1) is 14.9. The Morgan fingerprint density at radius 3 is 2.52 bits per heavy atom. The van der Waals surface area contributed by atoms with Gasteiger partial charge < -0.3 is 5.73 Å². The van der Waals surface area contributed by atoms with Crippen molar-refractivity contribution in [3.63, 3.8) is 0 Å². The van der Waals surface area contributed by atoms with Gasteiger partial charge in [0.2, 0.25) is 0 Å². The summed E-state index contributed by atoms with van der Waals surface area (Å²) in [6, 6.07) is 16.1. The van der Waals surface area contributed by atoms with Crippen LogP contribution < -0.4 is 5.73 Å². The van der Waals surface area contributed by atoms with E-state index in [1.54, 1.807) is 23.1 Å². The highest BCUT2D eigenvalue weighted by Crippen LogP contribution is 2.40. The fraction of sp³-hybridized carbons (Fsp3) is 0.188. The van der Waals surface area contributed by atoms with Crippen LogP contribution in [-0.2, 0) is 0 Å². The maximum atomic E-state index is 6.17. The minimum Gasteiger partial charge on any atom is -0.327 e. The standard InChI is InChI=1S/C16H15ClN2S2/c1-10(18)15(11-6-8-12(17)9-7-11)21-16-19-13-4-2-3-5-14(13)20-16/h2-10,15H,18H2,1H3. The van der Waals surface area contributed by atoms with Crippen LogP contribution in [0.25, 0.3) is 10.2 Å². The van der Waals surface area contributed by atoms with E-state index in [1.165, 1.54) is 10.3 Å². The number of aromatic nitrogens is 1. The second kappa shape index (κ2) is 6.36. The molecule has 1 heterocycles. The smallest absolute Gasteiger partial charge is 0.151 e. The van der Waals surface area contributed by atoms with Gasteiger partial charge in [-0.05, 0) is 36.8 Å². The highest BCUT2D eigenvalue weighted by molar-refractivity contribution is 8.01. The highest BCUT2D eigenvalue weighted by atomic mass is 35.5. The molecule has 0 saturated carbocycles. The van der Waals surface area contributed by atoms with Crippen molar-refractivity contribution in [1.29, 1.82) is 0 Å². The predicted octanol–water partition coefficient (Wildman–Crippen LogP) is 5.13. The molecule has 3 rings (SSSR count). The van der Waals surface area contributed by atoms with Gasteiger partial charge in [-0.25, -0.2) is 4.98 Å². The lowest BCUT2D eigenvalue weighted by Gasteiger charge is -2.19. The van der Waals surface area contributed by atoms with Gasteiger partial charge in [-0.2, -0.15) is 0 Å². The van der Waals surface area contributed by atoms with Gasteiger partial charge in [-0.3, -0.25) is 0 Å². The molecule has 0 aliphatic carbocycles. The molecule has 108 valence electrons. The van der Waals surface area contributed by atoms with E-state index in [1.807, 2.05) is 49.4 Å². The zero-order valence-corrected chi connectivity index (χ0v) is 13.9. The van der Waals surface area contributed by atoms with E-state index >= 15 is 0 Å². The summed E-state index contributed by atoms with van der Waals surface area (Å²) in [5.74, 6) is 0. The topological polar surface area (TPSA) is 38.9 Å². The molecule has 2 unspecified atom stereocenters. The summed E-state index contributed by atoms with van der Waals surface area (Å²) < 4.78 is 2.26. The van der Waals surface area contributed by atoms with Crippen LogP contribution in [0, 0.1) is 0 Å². The molecule has 1 aromatic heterocycles. The van der Waals surface area contributed by atoms with Gasteiger partial charge >= 0.3 is 0 Å². The number of thioether (sulfide) groups is 1. The Labute approximate surface area is 137 Å². The molecular weight excluding hydrogens is 320 g/mol. The fourth-order valence-corrected chi connectivity index (χ4v) is 4.61. The van der Waals surface area contributed by atoms with Crippen molar-refractivity contribution in [2.45, 2.75) is 22.6 Å². The largest absolute Gasteiger partial charge is 0.327 e. The molecule has 0 fully saturated rings. The number of nitrogens with two attached hydrogens (primary N) is 1. The van der Waals surface area contributed by atoms with E-state index in [9.17, 15) is 0 Å². The summed E-state index contributed by atoms with van der Waals surface area (Å²) >= 11 is 9.39. The van der Waals surface area contributed by atoms with Crippen molar-refractivity contribution in [1.82, 2.24) is 4.98 Å². The Morgan fingerprint density at radius 1 is 1.14 bits per heavy atom. The number of para-hydroxylation sites is 1. The number of fused-ring (bicyclic) bond motifs is 1. The Hall–Kier alpha value is -1.07. The number of thiazole rings is 1. The average Bonchev–Trinajstić information content (AvgIpc) is 2.88. The van der Waals surface area contributed by atoms with E-state index < -0.39 is 0 Å². The second-order valence-corrected chi connectivity index (χ2v) is 7.75. The van der Waals surface area contributed by atoms with Gasteiger partial charge in [-0.15, -0.1) is 11.3 Å². The summed E-state index contributed by atoms with van der Waals surface area (Å²) in [5.41, 5.74) is 8.40. The maximum absolute atomic E-state index is 6.17. The quantitative estimate of drug-likeness (QED) is 0.672. The van der Waals surface area contributed by atoms with Crippen LogP contribution in [0.3, 0.4) is 0 Å². The molecule has 0 bridgehead atoms. The van der Waals surface area contributed by atoms with Crippen LogP contribution >= 0.6 is 34.7 Å². The lowest BCUT2D eigenvalue weighted by Crippen LogP contribution is -2.22. The maximum Gasteiger partial charge on any atom is 0.151 e. The fourth-order valence-electron chi connectivity index (χ4n) is 2.14. The molecule has 0 aliphatic heterocycles. The van der Waals surface area contributed by atoms with Gasteiger partial charge in [-0.1, -0.05) is 47.6 Å². The molecule has 3 aromatic rings. The monoisotopic (exact) mass is 334 g/mol. The van der Waals surface area contributed by atoms with Gasteiger partial charge in [0.1, 0.15) is 0 Å². The second-order valence-electron chi connectivity index (χ2n) is 4.90. The van der Waals surface area contributed by atoms with Crippen molar-refractivity contribution in [2.75, 3.05) is 0 Å². The Morgan fingerprint density at radius 2 is 1.86 bits per heavy atom. The van der Waals surface area contributed by atoms with E-state index in [2.05, 4.69) is 11.1 Å². The predicted molar refractivity (Wildman–Crippen MR) is 93.3 cm³/mol. The number of rotatable bonds is 4. The lowest BCUT2D eigenvalue weighted by atomic mass is 10.1. The summed E-state index contributed by atoms with van der Waals surface area (Å²) in [7, 11) is 0. The molecule has 0 aliphatic rings. The molecule has 21 heavy (non-hydrogen) atoms. The normalized spacial score (nSPS) is 14.2. The average molecular weight is 335 g/mol. The molecule has 2 nitrogen and oxygen atoms in total. The zero-order valence-electron chi connectivity index (χ0n) is 11.5. The van der Waals surface area contributed by atoms with Crippen LogP contribution in [0.1, 0.15) is 17.7 Å². The van der Waals surface area contributed by atoms with Gasteiger partial charge in [0.25, 0.3) is 0 Å². The van der Waals surface area contributed by atoms with E-state index in [4.69, 9.17) is 17.3 Å². The van der Waals surface area contributed by atoms with E-state index in [-0.39, 0.29) is 11.3 Å². The van der Waals surface area contributed by atoms with Gasteiger partial charge in [0, 0.05) is 11.1 Å². The molecule has 2 N–H and O–H groups in total. The number of hydrogen-bond donors (Lipinski definition) is 1. The molecule has 0 spiro atoms. The molecular formula is C16H15ClN2S2. The van der Waals surface area contributed by atoms with Crippen molar-refractivity contribution < 1.29 is 0 Å². The minimum atomic E-state index is 0.0307. The molecule has 5 heteroatoms. The third kappa shape index (κ3) is 3.40. The van der Waals surface area contributed by atoms with E-state index in [0.29, 0.717) is 0 Å². The molecule has 2 atom stereocenters. The first-order valence-electron chi connectivity index (χ1n) is 6.67. The summed E-state index contributed by atoms with van der Waals surface area (Å²) in [6.45, 7) is 2.03. The SMILES string of the molecule is CC(N)C(Sc1nc2ccccc2s1)c1ccc(Cl)cc1. The number of halogens is 1. The molecule has 2 aromatic carbocycles. The number of benzene rings is 2. The van der Waals surface area contributed by atoms with Crippen LogP contribution in [0.5, 0.6) is 0 Å². The van der Waals surface area contributed by atoms with Crippen molar-refractivity contribution in [3.8, 4) is 0 Å². The number of hydrogen-bond acceptors (Lipinski definition) is 4. The van der Waals surface area contributed by atoms with Gasteiger partial charge in [0.05, 0.1) is 15.5 Å². The Bertz CT molecular complexity index is 704. The molecule has 0 radical (unpaired) electrons. The molecule has 0 amide bonds. The van der Waals surface area contributed by atoms with Crippen molar-refractivity contribution in [2.24, 2.45) is 5.73 Å². The minimum absolute atomic E-state index is 0.0307. The lowest BCUT2D eigenvalue weighted by molar-refractivity contribution is 0.721. The Kier molecular flexibility index (Phi) is 4.50. The van der Waals surface area contributed by atoms with Crippen molar-refractivity contribution in [3.05, 3.63) is 59.1 Å². The van der Waals surface area contributed by atoms with Crippen LogP contribution in [0.4, 0.5) is 0 Å².